The highest BCUT2D eigenvalue weighted by atomic mass is 79.9. The summed E-state index contributed by atoms with van der Waals surface area (Å²) in [7, 11) is 0. The molecule has 0 aliphatic heterocycles. The van der Waals surface area contributed by atoms with Gasteiger partial charge in [-0.05, 0) is 31.2 Å². The zero-order valence-corrected chi connectivity index (χ0v) is 11.6. The van der Waals surface area contributed by atoms with E-state index < -0.39 is 6.10 Å². The number of para-hydroxylation sites is 1. The van der Waals surface area contributed by atoms with E-state index in [9.17, 15) is 4.79 Å². The second-order valence-corrected chi connectivity index (χ2v) is 4.86. The van der Waals surface area contributed by atoms with Gasteiger partial charge in [0.25, 0.3) is 0 Å². The fourth-order valence-corrected chi connectivity index (χ4v) is 1.87. The summed E-state index contributed by atoms with van der Waals surface area (Å²) in [6, 6.07) is 16.6. The van der Waals surface area contributed by atoms with Crippen LogP contribution >= 0.6 is 15.9 Å². The molecule has 1 unspecified atom stereocenters. The molecule has 0 saturated carbocycles. The van der Waals surface area contributed by atoms with E-state index in [1.165, 1.54) is 0 Å². The Morgan fingerprint density at radius 2 is 1.67 bits per heavy atom. The molecule has 92 valence electrons. The maximum Gasteiger partial charge on any atom is 0.202 e. The first kappa shape index (κ1) is 12.8. The molecule has 0 fully saturated rings. The van der Waals surface area contributed by atoms with E-state index in [0.717, 1.165) is 4.47 Å². The average Bonchev–Trinajstić information content (AvgIpc) is 2.40. The van der Waals surface area contributed by atoms with Gasteiger partial charge >= 0.3 is 0 Å². The lowest BCUT2D eigenvalue weighted by Gasteiger charge is -2.13. The van der Waals surface area contributed by atoms with Crippen molar-refractivity contribution in [2.45, 2.75) is 13.0 Å². The maximum absolute atomic E-state index is 12.1. The molecule has 18 heavy (non-hydrogen) atoms. The van der Waals surface area contributed by atoms with E-state index in [1.54, 1.807) is 19.1 Å². The molecule has 3 heteroatoms. The zero-order chi connectivity index (χ0) is 13.0. The third-order valence-corrected chi connectivity index (χ3v) is 3.08. The van der Waals surface area contributed by atoms with Crippen molar-refractivity contribution < 1.29 is 9.53 Å². The van der Waals surface area contributed by atoms with Crippen molar-refractivity contribution in [3.8, 4) is 5.75 Å². The van der Waals surface area contributed by atoms with Crippen LogP contribution in [0.5, 0.6) is 5.75 Å². The van der Waals surface area contributed by atoms with Gasteiger partial charge in [0.2, 0.25) is 5.78 Å². The largest absolute Gasteiger partial charge is 0.483 e. The molecule has 0 amide bonds. The molecule has 0 saturated heterocycles. The number of hydrogen-bond donors (Lipinski definition) is 0. The van der Waals surface area contributed by atoms with Gasteiger partial charge in [-0.15, -0.1) is 0 Å². The molecule has 2 rings (SSSR count). The highest BCUT2D eigenvalue weighted by Crippen LogP contribution is 2.15. The van der Waals surface area contributed by atoms with Crippen molar-refractivity contribution in [3.63, 3.8) is 0 Å². The fourth-order valence-electron chi connectivity index (χ4n) is 1.61. The Bertz CT molecular complexity index is 520. The van der Waals surface area contributed by atoms with Crippen LogP contribution in [0.4, 0.5) is 0 Å². The van der Waals surface area contributed by atoms with Crippen molar-refractivity contribution in [3.05, 3.63) is 64.6 Å². The topological polar surface area (TPSA) is 26.3 Å². The van der Waals surface area contributed by atoms with E-state index in [4.69, 9.17) is 4.74 Å². The summed E-state index contributed by atoms with van der Waals surface area (Å²) in [5, 5.41) is 0. The lowest BCUT2D eigenvalue weighted by Crippen LogP contribution is -2.23. The monoisotopic (exact) mass is 304 g/mol. The van der Waals surface area contributed by atoms with Crippen molar-refractivity contribution in [1.29, 1.82) is 0 Å². The van der Waals surface area contributed by atoms with Gasteiger partial charge in [0, 0.05) is 10.0 Å². The van der Waals surface area contributed by atoms with Crippen LogP contribution in [0.3, 0.4) is 0 Å². The second-order valence-electron chi connectivity index (χ2n) is 3.94. The van der Waals surface area contributed by atoms with Crippen LogP contribution in [0, 0.1) is 0 Å². The summed E-state index contributed by atoms with van der Waals surface area (Å²) in [5.41, 5.74) is 0.654. The number of carbonyl (C=O) groups excluding carboxylic acids is 1. The Morgan fingerprint density at radius 3 is 2.28 bits per heavy atom. The highest BCUT2D eigenvalue weighted by molar-refractivity contribution is 9.10. The van der Waals surface area contributed by atoms with Gasteiger partial charge in [0.1, 0.15) is 5.75 Å². The molecule has 0 aromatic heterocycles. The first-order valence-electron chi connectivity index (χ1n) is 5.68. The van der Waals surface area contributed by atoms with Crippen molar-refractivity contribution >= 4 is 21.7 Å². The molecule has 0 radical (unpaired) electrons. The summed E-state index contributed by atoms with van der Waals surface area (Å²) >= 11 is 3.34. The summed E-state index contributed by atoms with van der Waals surface area (Å²) in [6.07, 6.45) is -0.492. The average molecular weight is 305 g/mol. The number of halogens is 1. The molecule has 2 aromatic rings. The Balaban J connectivity index is 2.07. The summed E-state index contributed by atoms with van der Waals surface area (Å²) in [6.45, 7) is 1.76. The molecule has 0 heterocycles. The third-order valence-electron chi connectivity index (χ3n) is 2.55. The standard InChI is InChI=1S/C15H13BrO2/c1-11(18-14-5-3-2-4-6-14)15(17)12-7-9-13(16)10-8-12/h2-11H,1H3. The van der Waals surface area contributed by atoms with E-state index in [0.29, 0.717) is 11.3 Å². The second kappa shape index (κ2) is 5.83. The number of Topliss-reactive ketones (excluding diaryl/α,β-unsaturated/α-hetero) is 1. The van der Waals surface area contributed by atoms with Crippen LogP contribution in [0.2, 0.25) is 0 Å². The summed E-state index contributed by atoms with van der Waals surface area (Å²) < 4.78 is 6.55. The first-order valence-corrected chi connectivity index (χ1v) is 6.47. The van der Waals surface area contributed by atoms with Gasteiger partial charge < -0.3 is 4.74 Å². The number of ketones is 1. The normalized spacial score (nSPS) is 11.9. The molecule has 1 atom stereocenters. The van der Waals surface area contributed by atoms with Gasteiger partial charge in [0.05, 0.1) is 0 Å². The third kappa shape index (κ3) is 3.20. The molecule has 0 bridgehead atoms. The minimum absolute atomic E-state index is 0.0219. The van der Waals surface area contributed by atoms with E-state index in [1.807, 2.05) is 42.5 Å². The van der Waals surface area contributed by atoms with Crippen LogP contribution in [0.1, 0.15) is 17.3 Å². The Kier molecular flexibility index (Phi) is 4.15. The van der Waals surface area contributed by atoms with Gasteiger partial charge in [-0.1, -0.05) is 46.3 Å². The van der Waals surface area contributed by atoms with Gasteiger partial charge in [-0.2, -0.15) is 0 Å². The predicted molar refractivity (Wildman–Crippen MR) is 75.0 cm³/mol. The minimum atomic E-state index is -0.492. The summed E-state index contributed by atoms with van der Waals surface area (Å²) in [5.74, 6) is 0.682. The van der Waals surface area contributed by atoms with Crippen LogP contribution < -0.4 is 4.74 Å². The number of rotatable bonds is 4. The quantitative estimate of drug-likeness (QED) is 0.795. The van der Waals surface area contributed by atoms with Crippen molar-refractivity contribution in [2.75, 3.05) is 0 Å². The molecule has 2 nitrogen and oxygen atoms in total. The van der Waals surface area contributed by atoms with Crippen molar-refractivity contribution in [2.24, 2.45) is 0 Å². The Morgan fingerprint density at radius 1 is 1.06 bits per heavy atom. The highest BCUT2D eigenvalue weighted by Gasteiger charge is 2.16. The van der Waals surface area contributed by atoms with E-state index in [-0.39, 0.29) is 5.78 Å². The summed E-state index contributed by atoms with van der Waals surface area (Å²) in [4.78, 5) is 12.1. The van der Waals surface area contributed by atoms with Gasteiger partial charge in [-0.3, -0.25) is 4.79 Å². The van der Waals surface area contributed by atoms with Gasteiger partial charge in [-0.25, -0.2) is 0 Å². The molecule has 0 aliphatic carbocycles. The Labute approximate surface area is 115 Å². The SMILES string of the molecule is CC(Oc1ccccc1)C(=O)c1ccc(Br)cc1. The Hall–Kier alpha value is -1.61. The van der Waals surface area contributed by atoms with Crippen LogP contribution in [0.25, 0.3) is 0 Å². The molecule has 2 aromatic carbocycles. The molecule has 0 N–H and O–H groups in total. The van der Waals surface area contributed by atoms with Crippen molar-refractivity contribution in [1.82, 2.24) is 0 Å². The van der Waals surface area contributed by atoms with E-state index in [2.05, 4.69) is 15.9 Å². The minimum Gasteiger partial charge on any atom is -0.483 e. The van der Waals surface area contributed by atoms with E-state index >= 15 is 0 Å². The fraction of sp³-hybridized carbons (Fsp3) is 0.133. The molecule has 0 aliphatic rings. The lowest BCUT2D eigenvalue weighted by atomic mass is 10.1. The van der Waals surface area contributed by atoms with Gasteiger partial charge in [0.15, 0.2) is 6.10 Å². The van der Waals surface area contributed by atoms with Crippen LogP contribution in [-0.4, -0.2) is 11.9 Å². The number of hydrogen-bond acceptors (Lipinski definition) is 2. The lowest BCUT2D eigenvalue weighted by molar-refractivity contribution is 0.0818. The number of carbonyl (C=O) groups is 1. The zero-order valence-electron chi connectivity index (χ0n) is 9.97. The number of benzene rings is 2. The molecular formula is C15H13BrO2. The molecular weight excluding hydrogens is 292 g/mol. The predicted octanol–water partition coefficient (Wildman–Crippen LogP) is 4.10. The van der Waals surface area contributed by atoms with Crippen LogP contribution in [-0.2, 0) is 0 Å². The number of ether oxygens (including phenoxy) is 1. The van der Waals surface area contributed by atoms with Crippen LogP contribution in [0.15, 0.2) is 59.1 Å². The molecule has 0 spiro atoms. The smallest absolute Gasteiger partial charge is 0.202 e. The first-order chi connectivity index (χ1) is 8.66. The maximum atomic E-state index is 12.1.